The van der Waals surface area contributed by atoms with Crippen molar-refractivity contribution in [3.63, 3.8) is 0 Å². The van der Waals surface area contributed by atoms with Gasteiger partial charge in [0, 0.05) is 13.7 Å². The van der Waals surface area contributed by atoms with Crippen molar-refractivity contribution < 1.29 is 9.53 Å². The number of likely N-dealkylation sites (N-methyl/N-ethyl adjacent to an activating group) is 1. The Kier molecular flexibility index (Phi) is 7.34. The fourth-order valence-corrected chi connectivity index (χ4v) is 1.38. The highest BCUT2D eigenvalue weighted by Gasteiger charge is 2.20. The fourth-order valence-electron chi connectivity index (χ4n) is 1.38. The SMILES string of the molecule is CCCC(C)COC(C)C(N)C(=O)NC. The fraction of sp³-hybridized carbons (Fsp3) is 0.909. The van der Waals surface area contributed by atoms with Crippen LogP contribution in [0, 0.1) is 5.92 Å². The van der Waals surface area contributed by atoms with Crippen LogP contribution in [0.4, 0.5) is 0 Å². The Hall–Kier alpha value is -0.610. The maximum atomic E-state index is 11.2. The van der Waals surface area contributed by atoms with Crippen LogP contribution in [0.5, 0.6) is 0 Å². The smallest absolute Gasteiger partial charge is 0.239 e. The van der Waals surface area contributed by atoms with Crippen LogP contribution in [0.2, 0.25) is 0 Å². The molecule has 3 unspecified atom stereocenters. The minimum atomic E-state index is -0.580. The summed E-state index contributed by atoms with van der Waals surface area (Å²) in [5.41, 5.74) is 5.69. The Morgan fingerprint density at radius 3 is 2.53 bits per heavy atom. The van der Waals surface area contributed by atoms with Crippen LogP contribution in [0.1, 0.15) is 33.6 Å². The Bertz CT molecular complexity index is 185. The van der Waals surface area contributed by atoms with Gasteiger partial charge >= 0.3 is 0 Å². The average molecular weight is 216 g/mol. The molecule has 0 rings (SSSR count). The highest BCUT2D eigenvalue weighted by molar-refractivity contribution is 5.81. The molecule has 0 heterocycles. The van der Waals surface area contributed by atoms with Gasteiger partial charge in [0.25, 0.3) is 0 Å². The van der Waals surface area contributed by atoms with Gasteiger partial charge in [-0.15, -0.1) is 0 Å². The maximum absolute atomic E-state index is 11.2. The van der Waals surface area contributed by atoms with E-state index < -0.39 is 6.04 Å². The normalized spacial score (nSPS) is 16.9. The first-order valence-electron chi connectivity index (χ1n) is 5.61. The summed E-state index contributed by atoms with van der Waals surface area (Å²) >= 11 is 0. The molecular formula is C11H24N2O2. The summed E-state index contributed by atoms with van der Waals surface area (Å²) in [6.07, 6.45) is 2.06. The zero-order valence-corrected chi connectivity index (χ0v) is 10.2. The van der Waals surface area contributed by atoms with Gasteiger partial charge in [0.05, 0.1) is 6.10 Å². The van der Waals surface area contributed by atoms with Crippen LogP contribution < -0.4 is 11.1 Å². The van der Waals surface area contributed by atoms with E-state index in [1.807, 2.05) is 6.92 Å². The molecule has 1 amide bonds. The van der Waals surface area contributed by atoms with Gasteiger partial charge in [0.1, 0.15) is 6.04 Å². The van der Waals surface area contributed by atoms with Gasteiger partial charge in [-0.25, -0.2) is 0 Å². The quantitative estimate of drug-likeness (QED) is 0.664. The number of hydrogen-bond donors (Lipinski definition) is 2. The van der Waals surface area contributed by atoms with Crippen LogP contribution in [-0.2, 0) is 9.53 Å². The predicted octanol–water partition coefficient (Wildman–Crippen LogP) is 0.901. The lowest BCUT2D eigenvalue weighted by Gasteiger charge is -2.21. The minimum absolute atomic E-state index is 0.175. The molecule has 0 aliphatic heterocycles. The van der Waals surface area contributed by atoms with Crippen LogP contribution >= 0.6 is 0 Å². The summed E-state index contributed by atoms with van der Waals surface area (Å²) in [6.45, 7) is 6.79. The van der Waals surface area contributed by atoms with Gasteiger partial charge < -0.3 is 15.8 Å². The first kappa shape index (κ1) is 14.4. The number of hydrogen-bond acceptors (Lipinski definition) is 3. The second kappa shape index (κ2) is 7.65. The van der Waals surface area contributed by atoms with Gasteiger partial charge in [-0.1, -0.05) is 20.3 Å². The van der Waals surface area contributed by atoms with E-state index in [0.717, 1.165) is 12.8 Å². The summed E-state index contributed by atoms with van der Waals surface area (Å²) in [5.74, 6) is 0.347. The van der Waals surface area contributed by atoms with E-state index in [2.05, 4.69) is 19.2 Å². The van der Waals surface area contributed by atoms with Crippen LogP contribution in [0.3, 0.4) is 0 Å². The molecule has 4 heteroatoms. The van der Waals surface area contributed by atoms with Crippen LogP contribution in [0.15, 0.2) is 0 Å². The number of nitrogens with one attached hydrogen (secondary N) is 1. The molecule has 0 saturated carbocycles. The summed E-state index contributed by atoms with van der Waals surface area (Å²) in [5, 5.41) is 2.51. The lowest BCUT2D eigenvalue weighted by Crippen LogP contribution is -2.47. The predicted molar refractivity (Wildman–Crippen MR) is 61.5 cm³/mol. The lowest BCUT2D eigenvalue weighted by molar-refractivity contribution is -0.125. The topological polar surface area (TPSA) is 64.3 Å². The van der Waals surface area contributed by atoms with Crippen molar-refractivity contribution in [3.8, 4) is 0 Å². The molecule has 0 spiro atoms. The molecule has 0 aliphatic rings. The molecule has 0 saturated heterocycles. The van der Waals surface area contributed by atoms with Crippen molar-refractivity contribution >= 4 is 5.91 Å². The first-order chi connectivity index (χ1) is 7.02. The van der Waals surface area contributed by atoms with Gasteiger partial charge in [-0.3, -0.25) is 4.79 Å². The average Bonchev–Trinajstić information content (AvgIpc) is 2.24. The summed E-state index contributed by atoms with van der Waals surface area (Å²) < 4.78 is 5.56. The van der Waals surface area contributed by atoms with E-state index in [9.17, 15) is 4.79 Å². The molecule has 0 aromatic rings. The van der Waals surface area contributed by atoms with Crippen LogP contribution in [0.25, 0.3) is 0 Å². The van der Waals surface area contributed by atoms with E-state index in [1.54, 1.807) is 7.05 Å². The molecule has 0 aliphatic carbocycles. The van der Waals surface area contributed by atoms with E-state index >= 15 is 0 Å². The largest absolute Gasteiger partial charge is 0.376 e. The van der Waals surface area contributed by atoms with Crippen molar-refractivity contribution in [1.29, 1.82) is 0 Å². The lowest BCUT2D eigenvalue weighted by atomic mass is 10.1. The Morgan fingerprint density at radius 2 is 2.07 bits per heavy atom. The van der Waals surface area contributed by atoms with Gasteiger partial charge in [0.15, 0.2) is 0 Å². The van der Waals surface area contributed by atoms with Crippen LogP contribution in [-0.4, -0.2) is 31.7 Å². The van der Waals surface area contributed by atoms with Crippen molar-refractivity contribution in [2.75, 3.05) is 13.7 Å². The standard InChI is InChI=1S/C11H24N2O2/c1-5-6-8(2)7-15-9(3)10(12)11(14)13-4/h8-10H,5-7,12H2,1-4H3,(H,13,14). The van der Waals surface area contributed by atoms with Gasteiger partial charge in [0.2, 0.25) is 5.91 Å². The van der Waals surface area contributed by atoms with Crippen molar-refractivity contribution in [3.05, 3.63) is 0 Å². The number of carbonyl (C=O) groups is 1. The maximum Gasteiger partial charge on any atom is 0.239 e. The summed E-state index contributed by atoms with van der Waals surface area (Å²) in [6, 6.07) is -0.580. The summed E-state index contributed by atoms with van der Waals surface area (Å²) in [7, 11) is 1.58. The first-order valence-corrected chi connectivity index (χ1v) is 5.61. The molecule has 4 nitrogen and oxygen atoms in total. The van der Waals surface area contributed by atoms with E-state index in [1.165, 1.54) is 0 Å². The third kappa shape index (κ3) is 5.74. The molecule has 15 heavy (non-hydrogen) atoms. The molecule has 0 aromatic carbocycles. The second-order valence-corrected chi connectivity index (χ2v) is 4.07. The molecular weight excluding hydrogens is 192 g/mol. The Balaban J connectivity index is 3.82. The molecule has 3 N–H and O–H groups in total. The number of rotatable bonds is 7. The van der Waals surface area contributed by atoms with Gasteiger partial charge in [-0.05, 0) is 19.3 Å². The second-order valence-electron chi connectivity index (χ2n) is 4.07. The van der Waals surface area contributed by atoms with E-state index in [4.69, 9.17) is 10.5 Å². The summed E-state index contributed by atoms with van der Waals surface area (Å²) in [4.78, 5) is 11.2. The number of ether oxygens (including phenoxy) is 1. The van der Waals surface area contributed by atoms with E-state index in [-0.39, 0.29) is 12.0 Å². The molecule has 3 atom stereocenters. The monoisotopic (exact) mass is 216 g/mol. The molecule has 0 fully saturated rings. The molecule has 0 radical (unpaired) electrons. The molecule has 0 aromatic heterocycles. The van der Waals surface area contributed by atoms with Crippen molar-refractivity contribution in [2.45, 2.75) is 45.8 Å². The minimum Gasteiger partial charge on any atom is -0.376 e. The Morgan fingerprint density at radius 1 is 1.47 bits per heavy atom. The number of carbonyl (C=O) groups excluding carboxylic acids is 1. The van der Waals surface area contributed by atoms with Crippen molar-refractivity contribution in [1.82, 2.24) is 5.32 Å². The highest BCUT2D eigenvalue weighted by atomic mass is 16.5. The molecule has 90 valence electrons. The number of amides is 1. The van der Waals surface area contributed by atoms with Crippen molar-refractivity contribution in [2.24, 2.45) is 11.7 Å². The third-order valence-corrected chi connectivity index (χ3v) is 2.48. The van der Waals surface area contributed by atoms with E-state index in [0.29, 0.717) is 12.5 Å². The third-order valence-electron chi connectivity index (χ3n) is 2.48. The number of nitrogens with two attached hydrogens (primary N) is 1. The van der Waals surface area contributed by atoms with Gasteiger partial charge in [-0.2, -0.15) is 0 Å². The zero-order valence-electron chi connectivity index (χ0n) is 10.2. The Labute approximate surface area is 92.6 Å². The molecule has 0 bridgehead atoms. The zero-order chi connectivity index (χ0) is 11.8. The highest BCUT2D eigenvalue weighted by Crippen LogP contribution is 2.07.